The highest BCUT2D eigenvalue weighted by Gasteiger charge is 2.17. The largest absolute Gasteiger partial charge is 1.00 e. The number of aromatic amines is 3. The van der Waals surface area contributed by atoms with Crippen LogP contribution in [0.15, 0.2) is 110 Å². The predicted octanol–water partition coefficient (Wildman–Crippen LogP) is 4.00. The van der Waals surface area contributed by atoms with Crippen molar-refractivity contribution in [3.8, 4) is 22.3 Å². The average molecular weight is 533 g/mol. The summed E-state index contributed by atoms with van der Waals surface area (Å²) in [6, 6.07) is 27.8. The lowest BCUT2D eigenvalue weighted by Crippen LogP contribution is -3.00. The zero-order valence-electron chi connectivity index (χ0n) is 19.6. The van der Waals surface area contributed by atoms with E-state index in [1.54, 1.807) is 0 Å². The van der Waals surface area contributed by atoms with Crippen LogP contribution >= 0.6 is 0 Å². The van der Waals surface area contributed by atoms with Crippen LogP contribution in [-0.2, 0) is 13.0 Å². The normalized spacial score (nSPS) is 11.3. The van der Waals surface area contributed by atoms with Crippen LogP contribution in [0.4, 0.5) is 0 Å². The summed E-state index contributed by atoms with van der Waals surface area (Å²) in [7, 11) is 0. The number of aryl methyl sites for hydroxylation is 2. The predicted molar refractivity (Wildman–Crippen MR) is 143 cm³/mol. The number of rotatable bonds is 5. The van der Waals surface area contributed by atoms with E-state index >= 15 is 0 Å². The Hall–Kier alpha value is -4.09. The Balaban J connectivity index is 0.00000240. The van der Waals surface area contributed by atoms with Crippen molar-refractivity contribution in [2.45, 2.75) is 13.0 Å². The molecule has 0 saturated carbocycles. The summed E-state index contributed by atoms with van der Waals surface area (Å²) >= 11 is 0. The number of fused-ring (bicyclic) bond motifs is 3. The molecule has 0 fully saturated rings. The number of aromatic nitrogens is 4. The van der Waals surface area contributed by atoms with E-state index in [0.29, 0.717) is 0 Å². The first-order valence-corrected chi connectivity index (χ1v) is 12.1. The Morgan fingerprint density at radius 3 is 1.61 bits per heavy atom. The van der Waals surface area contributed by atoms with Crippen LogP contribution in [0.3, 0.4) is 0 Å². The molecular weight excluding hydrogens is 508 g/mol. The van der Waals surface area contributed by atoms with Gasteiger partial charge in [0.15, 0.2) is 18.9 Å². The van der Waals surface area contributed by atoms with Crippen LogP contribution < -0.4 is 21.5 Å². The summed E-state index contributed by atoms with van der Waals surface area (Å²) in [5.74, 6) is 0. The Morgan fingerprint density at radius 2 is 1.03 bits per heavy atom. The highest BCUT2D eigenvalue weighted by molar-refractivity contribution is 5.98. The molecule has 0 spiro atoms. The first-order chi connectivity index (χ1) is 17.3. The molecule has 0 atom stereocenters. The van der Waals surface area contributed by atoms with Gasteiger partial charge < -0.3 is 31.9 Å². The molecule has 3 aromatic carbocycles. The van der Waals surface area contributed by atoms with E-state index in [9.17, 15) is 0 Å². The zero-order valence-corrected chi connectivity index (χ0v) is 21.2. The molecule has 4 aromatic heterocycles. The zero-order chi connectivity index (χ0) is 23.2. The van der Waals surface area contributed by atoms with Gasteiger partial charge >= 0.3 is 0 Å². The van der Waals surface area contributed by atoms with Crippen molar-refractivity contribution < 1.29 is 21.5 Å². The smallest absolute Gasteiger partial charge is 0.176 e. The number of hydrogen-bond donors (Lipinski definition) is 3. The summed E-state index contributed by atoms with van der Waals surface area (Å²) in [6.45, 7) is 0.896. The van der Waals surface area contributed by atoms with Crippen molar-refractivity contribution in [3.05, 3.63) is 115 Å². The standard InChI is InChI=1S/C31H25N4.BrH/c1-4-10-29-24(7-1)21(16-32-29)13-14-35-19-22(27-17-33-30-11-5-2-8-25(27)30)15-23(20-35)28-18-34-31-12-6-3-9-26(28)31;/h1-12,15-20,32-34H,13-14H2;1H/q+1;/p-1. The minimum atomic E-state index is 0. The van der Waals surface area contributed by atoms with Crippen molar-refractivity contribution >= 4 is 32.7 Å². The van der Waals surface area contributed by atoms with Gasteiger partial charge in [0.2, 0.25) is 0 Å². The van der Waals surface area contributed by atoms with Crippen molar-refractivity contribution in [1.29, 1.82) is 0 Å². The molecule has 7 aromatic rings. The lowest BCUT2D eigenvalue weighted by atomic mass is 10.0. The Morgan fingerprint density at radius 1 is 0.556 bits per heavy atom. The maximum absolute atomic E-state index is 3.44. The van der Waals surface area contributed by atoms with Crippen LogP contribution in [-0.4, -0.2) is 15.0 Å². The fourth-order valence-corrected chi connectivity index (χ4v) is 5.27. The van der Waals surface area contributed by atoms with Gasteiger partial charge in [0, 0.05) is 80.0 Å². The molecule has 36 heavy (non-hydrogen) atoms. The van der Waals surface area contributed by atoms with E-state index < -0.39 is 0 Å². The third-order valence-corrected chi connectivity index (χ3v) is 7.04. The molecule has 4 heterocycles. The first-order valence-electron chi connectivity index (χ1n) is 12.1. The second-order valence-electron chi connectivity index (χ2n) is 9.16. The number of pyridine rings is 1. The van der Waals surface area contributed by atoms with Gasteiger partial charge in [0.25, 0.3) is 0 Å². The number of para-hydroxylation sites is 3. The molecule has 0 unspecified atom stereocenters. The number of nitrogens with zero attached hydrogens (tertiary/aromatic N) is 1. The van der Waals surface area contributed by atoms with Crippen LogP contribution in [0, 0.1) is 0 Å². The molecule has 5 heteroatoms. The molecule has 0 aliphatic rings. The van der Waals surface area contributed by atoms with E-state index in [4.69, 9.17) is 0 Å². The van der Waals surface area contributed by atoms with Crippen molar-refractivity contribution in [1.82, 2.24) is 15.0 Å². The lowest BCUT2D eigenvalue weighted by molar-refractivity contribution is -0.695. The van der Waals surface area contributed by atoms with E-state index in [1.165, 1.54) is 49.5 Å². The first kappa shape index (κ1) is 22.4. The molecule has 3 N–H and O–H groups in total. The summed E-state index contributed by atoms with van der Waals surface area (Å²) in [5.41, 5.74) is 9.73. The number of H-pyrrole nitrogens is 3. The molecule has 0 amide bonds. The number of halogens is 1. The molecule has 0 radical (unpaired) electrons. The van der Waals surface area contributed by atoms with Crippen LogP contribution in [0.5, 0.6) is 0 Å². The molecule has 0 aliphatic heterocycles. The Bertz CT molecular complexity index is 1730. The van der Waals surface area contributed by atoms with Gasteiger partial charge in [-0.05, 0) is 29.8 Å². The van der Waals surface area contributed by atoms with Gasteiger partial charge in [-0.25, -0.2) is 4.57 Å². The minimum Gasteiger partial charge on any atom is -1.00 e. The van der Waals surface area contributed by atoms with Gasteiger partial charge in [0.1, 0.15) is 0 Å². The fourth-order valence-electron chi connectivity index (χ4n) is 5.27. The third-order valence-electron chi connectivity index (χ3n) is 7.04. The molecular formula is C31H25BrN4. The molecule has 0 aliphatic carbocycles. The van der Waals surface area contributed by atoms with Gasteiger partial charge in [0.05, 0.1) is 0 Å². The third kappa shape index (κ3) is 3.82. The monoisotopic (exact) mass is 532 g/mol. The van der Waals surface area contributed by atoms with E-state index in [0.717, 1.165) is 24.0 Å². The van der Waals surface area contributed by atoms with E-state index in [1.807, 2.05) is 0 Å². The fraction of sp³-hybridized carbons (Fsp3) is 0.0645. The van der Waals surface area contributed by atoms with Crippen molar-refractivity contribution in [3.63, 3.8) is 0 Å². The Labute approximate surface area is 219 Å². The number of nitrogens with one attached hydrogen (secondary N) is 3. The van der Waals surface area contributed by atoms with E-state index in [2.05, 4.69) is 129 Å². The quantitative estimate of drug-likeness (QED) is 0.281. The summed E-state index contributed by atoms with van der Waals surface area (Å²) in [5, 5.41) is 3.79. The maximum atomic E-state index is 3.44. The summed E-state index contributed by atoms with van der Waals surface area (Å²) in [4.78, 5) is 10.3. The highest BCUT2D eigenvalue weighted by Crippen LogP contribution is 2.33. The lowest BCUT2D eigenvalue weighted by Gasteiger charge is -2.06. The van der Waals surface area contributed by atoms with Crippen molar-refractivity contribution in [2.24, 2.45) is 0 Å². The van der Waals surface area contributed by atoms with Gasteiger partial charge in [-0.3, -0.25) is 0 Å². The summed E-state index contributed by atoms with van der Waals surface area (Å²) < 4.78 is 2.34. The van der Waals surface area contributed by atoms with Gasteiger partial charge in [-0.15, -0.1) is 0 Å². The van der Waals surface area contributed by atoms with Crippen LogP contribution in [0.1, 0.15) is 5.56 Å². The van der Waals surface area contributed by atoms with Crippen LogP contribution in [0.2, 0.25) is 0 Å². The average Bonchev–Trinajstić information content (AvgIpc) is 3.64. The second kappa shape index (κ2) is 9.17. The van der Waals surface area contributed by atoms with E-state index in [-0.39, 0.29) is 17.0 Å². The number of hydrogen-bond acceptors (Lipinski definition) is 0. The minimum absolute atomic E-state index is 0. The highest BCUT2D eigenvalue weighted by atomic mass is 79.9. The van der Waals surface area contributed by atoms with Crippen molar-refractivity contribution in [2.75, 3.05) is 0 Å². The molecule has 4 nitrogen and oxygen atoms in total. The Kier molecular flexibility index (Phi) is 5.70. The van der Waals surface area contributed by atoms with Crippen LogP contribution in [0.25, 0.3) is 55.0 Å². The number of benzene rings is 3. The summed E-state index contributed by atoms with van der Waals surface area (Å²) in [6.07, 6.45) is 11.9. The second-order valence-corrected chi connectivity index (χ2v) is 9.16. The topological polar surface area (TPSA) is 51.2 Å². The molecule has 0 saturated heterocycles. The molecule has 7 rings (SSSR count). The van der Waals surface area contributed by atoms with Gasteiger partial charge in [-0.1, -0.05) is 54.6 Å². The molecule has 0 bridgehead atoms. The molecule has 176 valence electrons. The SMILES string of the molecule is [Br-].c1ccc2c(CC[n+]3cc(-c4c[nH]c5ccccc45)cc(-c4c[nH]c5ccccc45)c3)c[nH]c2c1. The maximum Gasteiger partial charge on any atom is 0.176 e. The van der Waals surface area contributed by atoms with Gasteiger partial charge in [-0.2, -0.15) is 0 Å².